The Morgan fingerprint density at radius 1 is 1.26 bits per heavy atom. The summed E-state index contributed by atoms with van der Waals surface area (Å²) >= 11 is 2.79. The summed E-state index contributed by atoms with van der Waals surface area (Å²) in [5.74, 6) is 0.688. The molecule has 0 bridgehead atoms. The summed E-state index contributed by atoms with van der Waals surface area (Å²) in [6, 6.07) is 8.06. The van der Waals surface area contributed by atoms with Crippen LogP contribution in [0.4, 0.5) is 9.39 Å². The van der Waals surface area contributed by atoms with Crippen molar-refractivity contribution in [3.63, 3.8) is 0 Å². The summed E-state index contributed by atoms with van der Waals surface area (Å²) in [6.45, 7) is 4.38. The summed E-state index contributed by atoms with van der Waals surface area (Å²) in [5, 5.41) is 22.3. The number of aryl methyl sites for hydroxylation is 1. The molecule has 182 valence electrons. The van der Waals surface area contributed by atoms with Gasteiger partial charge in [-0.3, -0.25) is 9.36 Å². The fraction of sp³-hybridized carbons (Fsp3) is 0.360. The van der Waals surface area contributed by atoms with Gasteiger partial charge in [-0.15, -0.1) is 28.1 Å². The van der Waals surface area contributed by atoms with Crippen molar-refractivity contribution in [3.8, 4) is 11.8 Å². The minimum absolute atomic E-state index is 0.127. The zero-order valence-electron chi connectivity index (χ0n) is 19.3. The van der Waals surface area contributed by atoms with Gasteiger partial charge in [0.1, 0.15) is 29.2 Å². The standard InChI is InChI=1S/C25H26FN5O2S2/c1-2-13-31-22(15-33-18-11-9-17(26)10-12-18)29-30-25(31)34-16-23(32)28-24-20(14-27)19-7-5-3-4-6-8-21(19)35-24/h2,9-12H,1,3-8,13,15-16H2,(H,28,32). The van der Waals surface area contributed by atoms with Crippen molar-refractivity contribution in [2.45, 2.75) is 56.8 Å². The van der Waals surface area contributed by atoms with Crippen molar-refractivity contribution in [3.05, 3.63) is 64.6 Å². The van der Waals surface area contributed by atoms with Crippen LogP contribution in [0.5, 0.6) is 5.75 Å². The number of thioether (sulfide) groups is 1. The predicted molar refractivity (Wildman–Crippen MR) is 135 cm³/mol. The lowest BCUT2D eigenvalue weighted by atomic mass is 9.97. The van der Waals surface area contributed by atoms with Crippen LogP contribution in [0.1, 0.15) is 47.5 Å². The van der Waals surface area contributed by atoms with Crippen LogP contribution in [0.25, 0.3) is 0 Å². The second-order valence-corrected chi connectivity index (χ2v) is 10.2. The van der Waals surface area contributed by atoms with E-state index < -0.39 is 0 Å². The Bertz CT molecular complexity index is 1230. The van der Waals surface area contributed by atoms with Gasteiger partial charge in [0.2, 0.25) is 5.91 Å². The van der Waals surface area contributed by atoms with Crippen LogP contribution in [-0.2, 0) is 30.8 Å². The van der Waals surface area contributed by atoms with E-state index in [0.29, 0.717) is 33.8 Å². The largest absolute Gasteiger partial charge is 0.486 e. The maximum Gasteiger partial charge on any atom is 0.235 e. The average Bonchev–Trinajstić information content (AvgIpc) is 3.37. The highest BCUT2D eigenvalue weighted by Crippen LogP contribution is 2.36. The van der Waals surface area contributed by atoms with Gasteiger partial charge in [0.25, 0.3) is 0 Å². The maximum absolute atomic E-state index is 13.1. The van der Waals surface area contributed by atoms with Crippen molar-refractivity contribution in [2.24, 2.45) is 0 Å². The first-order valence-electron chi connectivity index (χ1n) is 11.5. The summed E-state index contributed by atoms with van der Waals surface area (Å²) in [5.41, 5.74) is 1.72. The Morgan fingerprint density at radius 2 is 2.03 bits per heavy atom. The van der Waals surface area contributed by atoms with E-state index in [1.807, 2.05) is 4.57 Å². The SMILES string of the molecule is C=CCn1c(COc2ccc(F)cc2)nnc1SCC(=O)Nc1sc2c(c1C#N)CCCCCC2. The van der Waals surface area contributed by atoms with E-state index in [4.69, 9.17) is 4.74 Å². The number of carbonyl (C=O) groups excluding carboxylic acids is 1. The molecule has 4 rings (SSSR count). The number of ether oxygens (including phenoxy) is 1. The van der Waals surface area contributed by atoms with Crippen molar-refractivity contribution < 1.29 is 13.9 Å². The summed E-state index contributed by atoms with van der Waals surface area (Å²) < 4.78 is 20.6. The van der Waals surface area contributed by atoms with Crippen LogP contribution in [0.3, 0.4) is 0 Å². The summed E-state index contributed by atoms with van der Waals surface area (Å²) in [7, 11) is 0. The molecular formula is C25H26FN5O2S2. The number of benzene rings is 1. The van der Waals surface area contributed by atoms with Gasteiger partial charge in [0.05, 0.1) is 11.3 Å². The third kappa shape index (κ3) is 6.29. The van der Waals surface area contributed by atoms with E-state index in [0.717, 1.165) is 31.2 Å². The number of halogens is 1. The van der Waals surface area contributed by atoms with Gasteiger partial charge in [0, 0.05) is 11.4 Å². The van der Waals surface area contributed by atoms with Gasteiger partial charge >= 0.3 is 0 Å². The molecule has 1 amide bonds. The molecule has 10 heteroatoms. The Morgan fingerprint density at radius 3 is 2.77 bits per heavy atom. The van der Waals surface area contributed by atoms with Gasteiger partial charge in [-0.2, -0.15) is 5.26 Å². The molecule has 0 radical (unpaired) electrons. The summed E-state index contributed by atoms with van der Waals surface area (Å²) in [4.78, 5) is 14.0. The lowest BCUT2D eigenvalue weighted by Crippen LogP contribution is -2.15. The number of rotatable bonds is 9. The number of allylic oxidation sites excluding steroid dienone is 1. The lowest BCUT2D eigenvalue weighted by Gasteiger charge is -2.09. The second-order valence-electron chi connectivity index (χ2n) is 8.11. The molecule has 0 aliphatic heterocycles. The van der Waals surface area contributed by atoms with Crippen LogP contribution in [0, 0.1) is 17.1 Å². The number of fused-ring (bicyclic) bond motifs is 1. The number of nitriles is 1. The number of amides is 1. The first-order chi connectivity index (χ1) is 17.1. The van der Waals surface area contributed by atoms with E-state index in [1.165, 1.54) is 53.0 Å². The topological polar surface area (TPSA) is 92.8 Å². The van der Waals surface area contributed by atoms with Gasteiger partial charge in [-0.1, -0.05) is 30.7 Å². The fourth-order valence-corrected chi connectivity index (χ4v) is 5.96. The summed E-state index contributed by atoms with van der Waals surface area (Å²) in [6.07, 6.45) is 8.16. The van der Waals surface area contributed by atoms with Gasteiger partial charge in [0.15, 0.2) is 11.0 Å². The zero-order chi connectivity index (χ0) is 24.6. The van der Waals surface area contributed by atoms with Gasteiger partial charge in [-0.05, 0) is 55.5 Å². The zero-order valence-corrected chi connectivity index (χ0v) is 20.9. The first-order valence-corrected chi connectivity index (χ1v) is 13.3. The molecule has 0 spiro atoms. The number of nitrogens with zero attached hydrogens (tertiary/aromatic N) is 4. The molecule has 3 aromatic rings. The van der Waals surface area contributed by atoms with Gasteiger partial charge in [-0.25, -0.2) is 4.39 Å². The third-order valence-corrected chi connectivity index (χ3v) is 7.83. The number of hydrogen-bond donors (Lipinski definition) is 1. The molecule has 0 saturated carbocycles. The Hall–Kier alpha value is -3.16. The normalized spacial score (nSPS) is 13.3. The lowest BCUT2D eigenvalue weighted by molar-refractivity contribution is -0.113. The van der Waals surface area contributed by atoms with Crippen LogP contribution in [0.2, 0.25) is 0 Å². The smallest absolute Gasteiger partial charge is 0.235 e. The molecule has 0 fully saturated rings. The number of carbonyl (C=O) groups is 1. The molecule has 7 nitrogen and oxygen atoms in total. The molecule has 1 aliphatic carbocycles. The average molecular weight is 512 g/mol. The van der Waals surface area contributed by atoms with Crippen LogP contribution >= 0.6 is 23.1 Å². The molecule has 2 heterocycles. The number of thiophene rings is 1. The Kier molecular flexibility index (Phi) is 8.55. The molecule has 0 saturated heterocycles. The van der Waals surface area contributed by atoms with E-state index in [1.54, 1.807) is 18.2 Å². The van der Waals surface area contributed by atoms with Crippen LogP contribution < -0.4 is 10.1 Å². The molecule has 0 atom stereocenters. The van der Waals surface area contributed by atoms with Crippen molar-refractivity contribution in [2.75, 3.05) is 11.1 Å². The molecular weight excluding hydrogens is 485 g/mol. The van der Waals surface area contributed by atoms with Crippen LogP contribution in [0.15, 0.2) is 42.1 Å². The highest BCUT2D eigenvalue weighted by molar-refractivity contribution is 7.99. The van der Waals surface area contributed by atoms with Gasteiger partial charge < -0.3 is 10.1 Å². The monoisotopic (exact) mass is 511 g/mol. The molecule has 1 aromatic carbocycles. The molecule has 0 unspecified atom stereocenters. The highest BCUT2D eigenvalue weighted by Gasteiger charge is 2.21. The quantitative estimate of drug-likeness (QED) is 0.301. The molecule has 35 heavy (non-hydrogen) atoms. The van der Waals surface area contributed by atoms with E-state index >= 15 is 0 Å². The van der Waals surface area contributed by atoms with Crippen LogP contribution in [-0.4, -0.2) is 26.4 Å². The Balaban J connectivity index is 1.40. The van der Waals surface area contributed by atoms with E-state index in [-0.39, 0.29) is 24.1 Å². The van der Waals surface area contributed by atoms with E-state index in [2.05, 4.69) is 28.2 Å². The minimum atomic E-state index is -0.334. The molecule has 1 aliphatic rings. The first kappa shape index (κ1) is 24.9. The van der Waals surface area contributed by atoms with E-state index in [9.17, 15) is 14.4 Å². The number of aromatic nitrogens is 3. The Labute approximate surface area is 212 Å². The third-order valence-electron chi connectivity index (χ3n) is 5.66. The number of hydrogen-bond acceptors (Lipinski definition) is 7. The number of nitrogens with one attached hydrogen (secondary N) is 1. The maximum atomic E-state index is 13.1. The predicted octanol–water partition coefficient (Wildman–Crippen LogP) is 5.51. The second kappa shape index (κ2) is 12.0. The molecule has 1 N–H and O–H groups in total. The highest BCUT2D eigenvalue weighted by atomic mass is 32.2. The van der Waals surface area contributed by atoms with Crippen molar-refractivity contribution >= 4 is 34.0 Å². The minimum Gasteiger partial charge on any atom is -0.486 e. The van der Waals surface area contributed by atoms with Crippen molar-refractivity contribution in [1.29, 1.82) is 5.26 Å². The fourth-order valence-electron chi connectivity index (χ4n) is 3.94. The number of anilines is 1. The molecule has 2 aromatic heterocycles. The van der Waals surface area contributed by atoms with Crippen molar-refractivity contribution in [1.82, 2.24) is 14.8 Å².